The number of hydrogen-bond donors (Lipinski definition) is 1. The van der Waals surface area contributed by atoms with E-state index in [1.54, 1.807) is 0 Å². The summed E-state index contributed by atoms with van der Waals surface area (Å²) in [7, 11) is 0. The maximum atomic E-state index is 12.7. The van der Waals surface area contributed by atoms with Crippen LogP contribution in [0.4, 0.5) is 4.79 Å². The van der Waals surface area contributed by atoms with Crippen LogP contribution < -0.4 is 0 Å². The van der Waals surface area contributed by atoms with Crippen LogP contribution in [0.1, 0.15) is 46.0 Å². The standard InChI is InChI=1S/C21H24BrN3O2/c1-12-9-17(25(11-12)20(26)27-21(2,3)4)19-23-16-8-5-13-10-14(22)6-7-15(13)18(16)24-19/h5-8,10,12,17H,9,11H2,1-4H3,(H,23,24)/t12-,17-/m0/s1. The predicted molar refractivity (Wildman–Crippen MR) is 111 cm³/mol. The highest BCUT2D eigenvalue weighted by Gasteiger charge is 2.38. The first-order valence-electron chi connectivity index (χ1n) is 9.29. The van der Waals surface area contributed by atoms with Crippen LogP contribution in [0.2, 0.25) is 0 Å². The van der Waals surface area contributed by atoms with Crippen molar-refractivity contribution in [2.24, 2.45) is 5.92 Å². The van der Waals surface area contributed by atoms with E-state index in [0.29, 0.717) is 12.5 Å². The highest BCUT2D eigenvalue weighted by molar-refractivity contribution is 9.10. The van der Waals surface area contributed by atoms with E-state index < -0.39 is 5.60 Å². The number of halogens is 1. The Balaban J connectivity index is 1.73. The van der Waals surface area contributed by atoms with E-state index in [0.717, 1.165) is 38.5 Å². The van der Waals surface area contributed by atoms with E-state index in [9.17, 15) is 4.79 Å². The highest BCUT2D eigenvalue weighted by atomic mass is 79.9. The minimum atomic E-state index is -0.509. The van der Waals surface area contributed by atoms with Gasteiger partial charge in [-0.3, -0.25) is 4.90 Å². The molecule has 1 fully saturated rings. The Hall–Kier alpha value is -2.08. The largest absolute Gasteiger partial charge is 0.444 e. The van der Waals surface area contributed by atoms with Crippen molar-refractivity contribution in [3.05, 3.63) is 40.6 Å². The second kappa shape index (κ2) is 6.51. The molecule has 1 aliphatic heterocycles. The Morgan fingerprint density at radius 2 is 2.07 bits per heavy atom. The molecule has 1 amide bonds. The van der Waals surface area contributed by atoms with Crippen LogP contribution in [-0.2, 0) is 4.74 Å². The number of nitrogens with zero attached hydrogens (tertiary/aromatic N) is 2. The summed E-state index contributed by atoms with van der Waals surface area (Å²) in [6.07, 6.45) is 0.605. The average molecular weight is 430 g/mol. The lowest BCUT2D eigenvalue weighted by Crippen LogP contribution is -2.37. The Bertz CT molecular complexity index is 1020. The molecule has 3 aromatic rings. The summed E-state index contributed by atoms with van der Waals surface area (Å²) in [6, 6.07) is 10.3. The van der Waals surface area contributed by atoms with Gasteiger partial charge in [-0.25, -0.2) is 9.78 Å². The maximum absolute atomic E-state index is 12.7. The summed E-state index contributed by atoms with van der Waals surface area (Å²) in [5.41, 5.74) is 1.42. The highest BCUT2D eigenvalue weighted by Crippen LogP contribution is 2.37. The SMILES string of the molecule is C[C@H]1C[C@@H](c2nc3c(ccc4cc(Br)ccc43)[nH]2)N(C(=O)OC(C)(C)C)C1. The van der Waals surface area contributed by atoms with Gasteiger partial charge in [0.15, 0.2) is 0 Å². The number of likely N-dealkylation sites (tertiary alicyclic amines) is 1. The van der Waals surface area contributed by atoms with Crippen molar-refractivity contribution < 1.29 is 9.53 Å². The number of hydrogen-bond acceptors (Lipinski definition) is 3. The second-order valence-corrected chi connectivity index (χ2v) is 9.35. The topological polar surface area (TPSA) is 58.2 Å². The third kappa shape index (κ3) is 3.55. The van der Waals surface area contributed by atoms with Gasteiger partial charge in [-0.05, 0) is 56.7 Å². The Labute approximate surface area is 167 Å². The summed E-state index contributed by atoms with van der Waals surface area (Å²) in [6.45, 7) is 8.53. The number of aromatic nitrogens is 2. The molecule has 0 bridgehead atoms. The predicted octanol–water partition coefficient (Wildman–Crippen LogP) is 5.80. The number of nitrogens with one attached hydrogen (secondary N) is 1. The molecule has 2 heterocycles. The molecule has 1 N–H and O–H groups in total. The number of carbonyl (C=O) groups is 1. The fraction of sp³-hybridized carbons (Fsp3) is 0.429. The van der Waals surface area contributed by atoms with Crippen molar-refractivity contribution in [3.8, 4) is 0 Å². The molecule has 0 spiro atoms. The number of aromatic amines is 1. The lowest BCUT2D eigenvalue weighted by Gasteiger charge is -2.27. The number of ether oxygens (including phenoxy) is 1. The molecular formula is C21H24BrN3O2. The molecule has 2 aromatic carbocycles. The van der Waals surface area contributed by atoms with Gasteiger partial charge >= 0.3 is 6.09 Å². The van der Waals surface area contributed by atoms with Crippen LogP contribution in [-0.4, -0.2) is 33.1 Å². The third-order valence-corrected chi connectivity index (χ3v) is 5.40. The van der Waals surface area contributed by atoms with Crippen LogP contribution >= 0.6 is 15.9 Å². The molecule has 0 unspecified atom stereocenters. The Morgan fingerprint density at radius 1 is 1.30 bits per heavy atom. The van der Waals surface area contributed by atoms with Crippen molar-refractivity contribution in [3.63, 3.8) is 0 Å². The number of benzene rings is 2. The first-order valence-corrected chi connectivity index (χ1v) is 10.1. The lowest BCUT2D eigenvalue weighted by atomic mass is 10.1. The fourth-order valence-electron chi connectivity index (χ4n) is 3.78. The third-order valence-electron chi connectivity index (χ3n) is 4.90. The number of rotatable bonds is 1. The molecule has 0 radical (unpaired) electrons. The van der Waals surface area contributed by atoms with E-state index in [-0.39, 0.29) is 12.1 Å². The summed E-state index contributed by atoms with van der Waals surface area (Å²) < 4.78 is 6.67. The minimum Gasteiger partial charge on any atom is -0.444 e. The monoisotopic (exact) mass is 429 g/mol. The van der Waals surface area contributed by atoms with Gasteiger partial charge in [0, 0.05) is 16.4 Å². The molecule has 142 valence electrons. The second-order valence-electron chi connectivity index (χ2n) is 8.44. The normalized spacial score (nSPS) is 20.6. The fourth-order valence-corrected chi connectivity index (χ4v) is 4.16. The van der Waals surface area contributed by atoms with Gasteiger partial charge in [0.05, 0.1) is 17.1 Å². The van der Waals surface area contributed by atoms with E-state index in [4.69, 9.17) is 9.72 Å². The average Bonchev–Trinajstić information content (AvgIpc) is 3.16. The van der Waals surface area contributed by atoms with Crippen LogP contribution in [0.25, 0.3) is 21.8 Å². The number of H-pyrrole nitrogens is 1. The zero-order valence-corrected chi connectivity index (χ0v) is 17.6. The lowest BCUT2D eigenvalue weighted by molar-refractivity contribution is 0.0215. The zero-order chi connectivity index (χ0) is 19.3. The first kappa shape index (κ1) is 18.3. The summed E-state index contributed by atoms with van der Waals surface area (Å²) in [5, 5.41) is 2.24. The molecule has 2 atom stereocenters. The van der Waals surface area contributed by atoms with Gasteiger partial charge in [-0.1, -0.05) is 35.0 Å². The minimum absolute atomic E-state index is 0.0900. The molecule has 1 aromatic heterocycles. The van der Waals surface area contributed by atoms with Crippen LogP contribution in [0.3, 0.4) is 0 Å². The number of imidazole rings is 1. The number of carbonyl (C=O) groups excluding carboxylic acids is 1. The summed E-state index contributed by atoms with van der Waals surface area (Å²) in [5.74, 6) is 1.24. The molecule has 1 aliphatic rings. The van der Waals surface area contributed by atoms with E-state index >= 15 is 0 Å². The number of fused-ring (bicyclic) bond motifs is 3. The Kier molecular flexibility index (Phi) is 4.41. The summed E-state index contributed by atoms with van der Waals surface area (Å²) >= 11 is 3.52. The van der Waals surface area contributed by atoms with Gasteiger partial charge in [0.1, 0.15) is 11.4 Å². The summed E-state index contributed by atoms with van der Waals surface area (Å²) in [4.78, 5) is 22.9. The van der Waals surface area contributed by atoms with Crippen molar-refractivity contribution >= 4 is 43.8 Å². The van der Waals surface area contributed by atoms with Gasteiger partial charge in [0.25, 0.3) is 0 Å². The van der Waals surface area contributed by atoms with E-state index in [1.807, 2.05) is 31.7 Å². The van der Waals surface area contributed by atoms with Gasteiger partial charge in [-0.15, -0.1) is 0 Å². The molecule has 5 nitrogen and oxygen atoms in total. The van der Waals surface area contributed by atoms with Crippen molar-refractivity contribution in [1.82, 2.24) is 14.9 Å². The molecule has 27 heavy (non-hydrogen) atoms. The molecule has 0 aliphatic carbocycles. The van der Waals surface area contributed by atoms with E-state index in [2.05, 4.69) is 52.1 Å². The Morgan fingerprint density at radius 3 is 2.81 bits per heavy atom. The molecule has 4 rings (SSSR count). The van der Waals surface area contributed by atoms with Crippen molar-refractivity contribution in [1.29, 1.82) is 0 Å². The van der Waals surface area contributed by atoms with Crippen LogP contribution in [0.5, 0.6) is 0 Å². The maximum Gasteiger partial charge on any atom is 0.410 e. The smallest absolute Gasteiger partial charge is 0.410 e. The van der Waals surface area contributed by atoms with Gasteiger partial charge in [-0.2, -0.15) is 0 Å². The van der Waals surface area contributed by atoms with Crippen LogP contribution in [0, 0.1) is 5.92 Å². The first-order chi connectivity index (χ1) is 12.7. The van der Waals surface area contributed by atoms with E-state index in [1.165, 1.54) is 0 Å². The van der Waals surface area contributed by atoms with Crippen LogP contribution in [0.15, 0.2) is 34.8 Å². The quantitative estimate of drug-likeness (QED) is 0.531. The molecular weight excluding hydrogens is 406 g/mol. The number of amides is 1. The van der Waals surface area contributed by atoms with Crippen molar-refractivity contribution in [2.75, 3.05) is 6.54 Å². The van der Waals surface area contributed by atoms with Gasteiger partial charge < -0.3 is 9.72 Å². The molecule has 6 heteroatoms. The molecule has 0 saturated carbocycles. The van der Waals surface area contributed by atoms with Crippen molar-refractivity contribution in [2.45, 2.75) is 45.8 Å². The zero-order valence-electron chi connectivity index (χ0n) is 16.0. The van der Waals surface area contributed by atoms with Gasteiger partial charge in [0.2, 0.25) is 0 Å². The molecule has 1 saturated heterocycles.